The van der Waals surface area contributed by atoms with Crippen molar-refractivity contribution in [3.05, 3.63) is 34.3 Å². The highest BCUT2D eigenvalue weighted by Crippen LogP contribution is 2.09. The summed E-state index contributed by atoms with van der Waals surface area (Å²) < 4.78 is 1.02. The Balaban J connectivity index is 1.74. The number of nitrogens with one attached hydrogen (secondary N) is 1. The highest BCUT2D eigenvalue weighted by atomic mass is 79.9. The third kappa shape index (κ3) is 5.34. The zero-order valence-corrected chi connectivity index (χ0v) is 12.9. The lowest BCUT2D eigenvalue weighted by molar-refractivity contribution is -0.122. The quantitative estimate of drug-likeness (QED) is 0.672. The second-order valence-electron chi connectivity index (χ2n) is 4.23. The van der Waals surface area contributed by atoms with Crippen molar-refractivity contribution in [1.29, 1.82) is 0 Å². The summed E-state index contributed by atoms with van der Waals surface area (Å²) in [6.45, 7) is 2.39. The van der Waals surface area contributed by atoms with Crippen LogP contribution in [0.2, 0.25) is 0 Å². The van der Waals surface area contributed by atoms with Crippen molar-refractivity contribution in [1.82, 2.24) is 10.3 Å². The van der Waals surface area contributed by atoms with Crippen LogP contribution in [0.25, 0.3) is 0 Å². The number of thioether (sulfide) groups is 1. The normalized spacial score (nSPS) is 16.7. The van der Waals surface area contributed by atoms with E-state index in [2.05, 4.69) is 31.4 Å². The predicted molar refractivity (Wildman–Crippen MR) is 83.6 cm³/mol. The van der Waals surface area contributed by atoms with Crippen LogP contribution in [-0.2, 0) is 4.79 Å². The molecule has 2 rings (SSSR count). The molecule has 0 saturated carbocycles. The fraction of sp³-hybridized carbons (Fsp3) is 0.385. The minimum atomic E-state index is -0.0553. The number of carbonyl (C=O) groups is 1. The molecule has 1 amide bonds. The fourth-order valence-corrected chi connectivity index (χ4v) is 2.97. The zero-order valence-electron chi connectivity index (χ0n) is 10.5. The molecule has 0 aromatic heterocycles. The fourth-order valence-electron chi connectivity index (χ4n) is 1.73. The highest BCUT2D eigenvalue weighted by Gasteiger charge is 2.13. The van der Waals surface area contributed by atoms with Gasteiger partial charge in [0.25, 0.3) is 5.91 Å². The summed E-state index contributed by atoms with van der Waals surface area (Å²) >= 11 is 5.31. The second-order valence-corrected chi connectivity index (χ2v) is 6.37. The zero-order chi connectivity index (χ0) is 13.5. The molecular weight excluding hydrogens is 326 g/mol. The molecule has 1 N–H and O–H groups in total. The SMILES string of the molecule is O=C(CN1CCSCC1)N/N=C/c1ccc(Br)cc1. The third-order valence-electron chi connectivity index (χ3n) is 2.74. The van der Waals surface area contributed by atoms with Crippen LogP contribution in [0.4, 0.5) is 0 Å². The number of rotatable bonds is 4. The Morgan fingerprint density at radius 1 is 1.37 bits per heavy atom. The van der Waals surface area contributed by atoms with Gasteiger partial charge < -0.3 is 0 Å². The van der Waals surface area contributed by atoms with Crippen LogP contribution in [0.1, 0.15) is 5.56 Å². The number of amides is 1. The molecule has 0 bridgehead atoms. The van der Waals surface area contributed by atoms with E-state index in [1.807, 2.05) is 36.0 Å². The van der Waals surface area contributed by atoms with Gasteiger partial charge in [0.15, 0.2) is 0 Å². The number of nitrogens with zero attached hydrogens (tertiary/aromatic N) is 2. The Morgan fingerprint density at radius 3 is 2.74 bits per heavy atom. The van der Waals surface area contributed by atoms with Crippen molar-refractivity contribution in [3.8, 4) is 0 Å². The molecule has 6 heteroatoms. The van der Waals surface area contributed by atoms with E-state index in [0.29, 0.717) is 6.54 Å². The first-order valence-corrected chi connectivity index (χ1v) is 8.06. The summed E-state index contributed by atoms with van der Waals surface area (Å²) in [7, 11) is 0. The molecule has 0 radical (unpaired) electrons. The van der Waals surface area contributed by atoms with E-state index >= 15 is 0 Å². The van der Waals surface area contributed by atoms with Crippen LogP contribution in [0.5, 0.6) is 0 Å². The number of halogens is 1. The number of hydrazone groups is 1. The molecule has 1 aromatic carbocycles. The maximum atomic E-state index is 11.7. The van der Waals surface area contributed by atoms with Crippen LogP contribution in [0, 0.1) is 0 Å². The van der Waals surface area contributed by atoms with Gasteiger partial charge in [-0.05, 0) is 17.7 Å². The molecule has 1 aliphatic rings. The molecule has 19 heavy (non-hydrogen) atoms. The first-order valence-electron chi connectivity index (χ1n) is 6.11. The molecule has 0 spiro atoms. The van der Waals surface area contributed by atoms with E-state index in [1.54, 1.807) is 6.21 Å². The van der Waals surface area contributed by atoms with Gasteiger partial charge in [-0.1, -0.05) is 28.1 Å². The lowest BCUT2D eigenvalue weighted by Crippen LogP contribution is -2.40. The van der Waals surface area contributed by atoms with Crippen molar-refractivity contribution in [2.75, 3.05) is 31.1 Å². The minimum absolute atomic E-state index is 0.0553. The van der Waals surface area contributed by atoms with Gasteiger partial charge in [0.2, 0.25) is 0 Å². The molecule has 1 aromatic rings. The molecule has 0 aliphatic carbocycles. The molecule has 0 atom stereocenters. The highest BCUT2D eigenvalue weighted by molar-refractivity contribution is 9.10. The molecule has 102 valence electrons. The monoisotopic (exact) mass is 341 g/mol. The third-order valence-corrected chi connectivity index (χ3v) is 4.21. The number of benzene rings is 1. The molecular formula is C13H16BrN3OS. The van der Waals surface area contributed by atoms with Gasteiger partial charge >= 0.3 is 0 Å². The maximum absolute atomic E-state index is 11.7. The van der Waals surface area contributed by atoms with E-state index in [-0.39, 0.29) is 5.91 Å². The average molecular weight is 342 g/mol. The topological polar surface area (TPSA) is 44.7 Å². The summed E-state index contributed by atoms with van der Waals surface area (Å²) in [5.41, 5.74) is 3.52. The lowest BCUT2D eigenvalue weighted by Gasteiger charge is -2.24. The first-order chi connectivity index (χ1) is 9.24. The van der Waals surface area contributed by atoms with Crippen LogP contribution < -0.4 is 5.43 Å². The van der Waals surface area contributed by atoms with Crippen molar-refractivity contribution in [3.63, 3.8) is 0 Å². The molecule has 1 aliphatic heterocycles. The second kappa shape index (κ2) is 7.67. The van der Waals surface area contributed by atoms with Gasteiger partial charge in [0, 0.05) is 29.1 Å². The molecule has 1 fully saturated rings. The van der Waals surface area contributed by atoms with E-state index < -0.39 is 0 Å². The lowest BCUT2D eigenvalue weighted by atomic mass is 10.2. The number of carbonyl (C=O) groups excluding carboxylic acids is 1. The van der Waals surface area contributed by atoms with Crippen molar-refractivity contribution < 1.29 is 4.79 Å². The Labute approximate surface area is 125 Å². The first kappa shape index (κ1) is 14.6. The van der Waals surface area contributed by atoms with Crippen LogP contribution in [-0.4, -0.2) is 48.2 Å². The summed E-state index contributed by atoms with van der Waals surface area (Å²) in [5.74, 6) is 2.16. The summed E-state index contributed by atoms with van der Waals surface area (Å²) in [6.07, 6.45) is 1.65. The maximum Gasteiger partial charge on any atom is 0.254 e. The Morgan fingerprint density at radius 2 is 2.05 bits per heavy atom. The van der Waals surface area contributed by atoms with E-state index in [0.717, 1.165) is 34.6 Å². The summed E-state index contributed by atoms with van der Waals surface area (Å²) in [6, 6.07) is 7.74. The van der Waals surface area contributed by atoms with Crippen LogP contribution in [0.15, 0.2) is 33.8 Å². The van der Waals surface area contributed by atoms with E-state index in [9.17, 15) is 4.79 Å². The van der Waals surface area contributed by atoms with Gasteiger partial charge in [-0.2, -0.15) is 16.9 Å². The predicted octanol–water partition coefficient (Wildman–Crippen LogP) is 1.95. The summed E-state index contributed by atoms with van der Waals surface area (Å²) in [5, 5.41) is 3.96. The number of hydrogen-bond donors (Lipinski definition) is 1. The minimum Gasteiger partial charge on any atom is -0.293 e. The molecule has 1 saturated heterocycles. The van der Waals surface area contributed by atoms with Crippen LogP contribution >= 0.6 is 27.7 Å². The smallest absolute Gasteiger partial charge is 0.254 e. The molecule has 1 heterocycles. The van der Waals surface area contributed by atoms with Crippen molar-refractivity contribution in [2.24, 2.45) is 5.10 Å². The van der Waals surface area contributed by atoms with Gasteiger partial charge in [-0.25, -0.2) is 5.43 Å². The summed E-state index contributed by atoms with van der Waals surface area (Å²) in [4.78, 5) is 13.8. The van der Waals surface area contributed by atoms with Gasteiger partial charge in [0.1, 0.15) is 0 Å². The van der Waals surface area contributed by atoms with Crippen molar-refractivity contribution in [2.45, 2.75) is 0 Å². The Kier molecular flexibility index (Phi) is 5.88. The Hall–Kier alpha value is -0.850. The van der Waals surface area contributed by atoms with Gasteiger partial charge in [0.05, 0.1) is 12.8 Å². The molecule has 4 nitrogen and oxygen atoms in total. The molecule has 0 unspecified atom stereocenters. The number of hydrogen-bond acceptors (Lipinski definition) is 4. The standard InChI is InChI=1S/C13H16BrN3OS/c14-12-3-1-11(2-4-12)9-15-16-13(18)10-17-5-7-19-8-6-17/h1-4,9H,5-8,10H2,(H,16,18)/b15-9+. The van der Waals surface area contributed by atoms with Gasteiger partial charge in [-0.3, -0.25) is 9.69 Å². The van der Waals surface area contributed by atoms with Crippen molar-refractivity contribution >= 4 is 39.8 Å². The van der Waals surface area contributed by atoms with E-state index in [4.69, 9.17) is 0 Å². The Bertz CT molecular complexity index is 444. The van der Waals surface area contributed by atoms with Crippen LogP contribution in [0.3, 0.4) is 0 Å². The van der Waals surface area contributed by atoms with E-state index in [1.165, 1.54) is 0 Å². The van der Waals surface area contributed by atoms with Gasteiger partial charge in [-0.15, -0.1) is 0 Å². The largest absolute Gasteiger partial charge is 0.293 e. The average Bonchev–Trinajstić information content (AvgIpc) is 2.42.